The van der Waals surface area contributed by atoms with E-state index in [4.69, 9.17) is 4.42 Å². The van der Waals surface area contributed by atoms with Gasteiger partial charge in [-0.05, 0) is 58.7 Å². The van der Waals surface area contributed by atoms with Gasteiger partial charge in [0.25, 0.3) is 0 Å². The van der Waals surface area contributed by atoms with E-state index in [2.05, 4.69) is 49.4 Å². The molecule has 0 amide bonds. The molecule has 98 valence electrons. The Hall–Kier alpha value is -1.32. The number of furan rings is 1. The highest BCUT2D eigenvalue weighted by atomic mass is 16.3. The maximum absolute atomic E-state index is 5.78. The van der Waals surface area contributed by atoms with Crippen molar-refractivity contribution in [3.63, 3.8) is 0 Å². The van der Waals surface area contributed by atoms with Crippen LogP contribution in [0.2, 0.25) is 0 Å². The van der Waals surface area contributed by atoms with Gasteiger partial charge in [0, 0.05) is 5.39 Å². The molecule has 18 heavy (non-hydrogen) atoms. The van der Waals surface area contributed by atoms with Crippen LogP contribution in [0.5, 0.6) is 0 Å². The summed E-state index contributed by atoms with van der Waals surface area (Å²) in [6, 6.07) is 8.41. The zero-order valence-corrected chi connectivity index (χ0v) is 11.5. The molecule has 2 aromatic rings. The molecule has 0 radical (unpaired) electrons. The van der Waals surface area contributed by atoms with Gasteiger partial charge in [0.15, 0.2) is 0 Å². The van der Waals surface area contributed by atoms with E-state index in [1.54, 1.807) is 0 Å². The molecule has 1 aromatic carbocycles. The highest BCUT2D eigenvalue weighted by molar-refractivity contribution is 5.78. The quantitative estimate of drug-likeness (QED) is 0.794. The Morgan fingerprint density at radius 2 is 2.06 bits per heavy atom. The smallest absolute Gasteiger partial charge is 0.134 e. The lowest BCUT2D eigenvalue weighted by atomic mass is 10.2. The van der Waals surface area contributed by atoms with Crippen LogP contribution >= 0.6 is 0 Å². The first-order valence-electron chi connectivity index (χ1n) is 6.49. The minimum Gasteiger partial charge on any atom is -0.460 e. The van der Waals surface area contributed by atoms with E-state index in [-0.39, 0.29) is 0 Å². The van der Waals surface area contributed by atoms with Crippen molar-refractivity contribution in [1.29, 1.82) is 0 Å². The summed E-state index contributed by atoms with van der Waals surface area (Å²) in [5, 5.41) is 4.61. The Labute approximate surface area is 109 Å². The van der Waals surface area contributed by atoms with Crippen LogP contribution in [0.1, 0.15) is 17.7 Å². The lowest BCUT2D eigenvalue weighted by Crippen LogP contribution is -2.20. The van der Waals surface area contributed by atoms with Crippen molar-refractivity contribution >= 4 is 11.0 Å². The van der Waals surface area contributed by atoms with Gasteiger partial charge in [-0.15, -0.1) is 0 Å². The van der Waals surface area contributed by atoms with Crippen molar-refractivity contribution in [3.8, 4) is 0 Å². The minimum atomic E-state index is 0.807. The normalized spacial score (nSPS) is 11.6. The second kappa shape index (κ2) is 6.03. The average molecular weight is 246 g/mol. The van der Waals surface area contributed by atoms with E-state index in [0.29, 0.717) is 0 Å². The summed E-state index contributed by atoms with van der Waals surface area (Å²) in [4.78, 5) is 2.20. The number of fused-ring (bicyclic) bond motifs is 1. The summed E-state index contributed by atoms with van der Waals surface area (Å²) >= 11 is 0. The number of benzene rings is 1. The number of rotatable bonds is 6. The van der Waals surface area contributed by atoms with Crippen LogP contribution in [0.25, 0.3) is 11.0 Å². The van der Waals surface area contributed by atoms with Crippen molar-refractivity contribution in [2.24, 2.45) is 0 Å². The Bertz CT molecular complexity index is 502. The summed E-state index contributed by atoms with van der Waals surface area (Å²) in [7, 11) is 4.20. The van der Waals surface area contributed by atoms with E-state index in [9.17, 15) is 0 Å². The van der Waals surface area contributed by atoms with Crippen LogP contribution in [-0.2, 0) is 6.54 Å². The van der Waals surface area contributed by atoms with E-state index in [1.807, 2.05) is 6.07 Å². The van der Waals surface area contributed by atoms with Gasteiger partial charge in [-0.2, -0.15) is 0 Å². The Morgan fingerprint density at radius 3 is 2.83 bits per heavy atom. The summed E-state index contributed by atoms with van der Waals surface area (Å²) < 4.78 is 5.78. The van der Waals surface area contributed by atoms with E-state index >= 15 is 0 Å². The number of aryl methyl sites for hydroxylation is 1. The molecule has 0 aliphatic heterocycles. The van der Waals surface area contributed by atoms with Crippen molar-refractivity contribution in [2.45, 2.75) is 19.9 Å². The Kier molecular flexibility index (Phi) is 4.39. The van der Waals surface area contributed by atoms with Gasteiger partial charge in [-0.1, -0.05) is 11.6 Å². The largest absolute Gasteiger partial charge is 0.460 e. The van der Waals surface area contributed by atoms with Crippen LogP contribution in [0, 0.1) is 6.92 Å². The fourth-order valence-corrected chi connectivity index (χ4v) is 2.04. The summed E-state index contributed by atoms with van der Waals surface area (Å²) in [5.74, 6) is 1.01. The molecule has 0 atom stereocenters. The second-order valence-corrected chi connectivity index (χ2v) is 5.09. The first-order chi connectivity index (χ1) is 8.65. The van der Waals surface area contributed by atoms with E-state index in [1.165, 1.54) is 10.9 Å². The topological polar surface area (TPSA) is 28.4 Å². The van der Waals surface area contributed by atoms with Gasteiger partial charge < -0.3 is 14.6 Å². The molecule has 2 rings (SSSR count). The van der Waals surface area contributed by atoms with Crippen LogP contribution in [-0.4, -0.2) is 32.1 Å². The molecule has 0 fully saturated rings. The molecule has 1 heterocycles. The van der Waals surface area contributed by atoms with E-state index < -0.39 is 0 Å². The maximum Gasteiger partial charge on any atom is 0.134 e. The molecule has 1 aromatic heterocycles. The third-order valence-corrected chi connectivity index (χ3v) is 2.98. The molecule has 3 heteroatoms. The van der Waals surface area contributed by atoms with Crippen molar-refractivity contribution in [2.75, 3.05) is 27.2 Å². The molecular weight excluding hydrogens is 224 g/mol. The van der Waals surface area contributed by atoms with Crippen LogP contribution in [0.4, 0.5) is 0 Å². The zero-order chi connectivity index (χ0) is 13.0. The lowest BCUT2D eigenvalue weighted by molar-refractivity contribution is 0.391. The number of nitrogens with one attached hydrogen (secondary N) is 1. The Morgan fingerprint density at radius 1 is 1.22 bits per heavy atom. The number of hydrogen-bond acceptors (Lipinski definition) is 3. The summed E-state index contributed by atoms with van der Waals surface area (Å²) in [6.45, 7) is 5.05. The molecule has 0 saturated heterocycles. The standard InChI is InChI=1S/C15H22N2O/c1-12-5-6-15-13(9-12)10-14(18-15)11-16-7-4-8-17(2)3/h5-6,9-10,16H,4,7-8,11H2,1-3H3. The van der Waals surface area contributed by atoms with Gasteiger partial charge in [-0.25, -0.2) is 0 Å². The van der Waals surface area contributed by atoms with E-state index in [0.717, 1.165) is 37.4 Å². The molecule has 0 saturated carbocycles. The van der Waals surface area contributed by atoms with Crippen LogP contribution in [0.15, 0.2) is 28.7 Å². The van der Waals surface area contributed by atoms with Gasteiger partial charge in [0.2, 0.25) is 0 Å². The lowest BCUT2D eigenvalue weighted by Gasteiger charge is -2.08. The van der Waals surface area contributed by atoms with Crippen molar-refractivity contribution in [1.82, 2.24) is 10.2 Å². The van der Waals surface area contributed by atoms with Crippen molar-refractivity contribution < 1.29 is 4.42 Å². The first-order valence-corrected chi connectivity index (χ1v) is 6.49. The number of nitrogens with zero attached hydrogens (tertiary/aromatic N) is 1. The predicted molar refractivity (Wildman–Crippen MR) is 75.8 cm³/mol. The average Bonchev–Trinajstić information content (AvgIpc) is 2.70. The first kappa shape index (κ1) is 13.1. The molecule has 1 N–H and O–H groups in total. The summed E-state index contributed by atoms with van der Waals surface area (Å²) in [5.41, 5.74) is 2.25. The third-order valence-electron chi connectivity index (χ3n) is 2.98. The molecule has 3 nitrogen and oxygen atoms in total. The highest BCUT2D eigenvalue weighted by Gasteiger charge is 2.03. The second-order valence-electron chi connectivity index (χ2n) is 5.09. The molecule has 0 bridgehead atoms. The van der Waals surface area contributed by atoms with Crippen molar-refractivity contribution in [3.05, 3.63) is 35.6 Å². The predicted octanol–water partition coefficient (Wildman–Crippen LogP) is 2.78. The third kappa shape index (κ3) is 3.59. The van der Waals surface area contributed by atoms with Gasteiger partial charge in [-0.3, -0.25) is 0 Å². The fourth-order valence-electron chi connectivity index (χ4n) is 2.04. The zero-order valence-electron chi connectivity index (χ0n) is 11.5. The summed E-state index contributed by atoms with van der Waals surface area (Å²) in [6.07, 6.45) is 1.16. The van der Waals surface area contributed by atoms with Gasteiger partial charge in [0.05, 0.1) is 6.54 Å². The fraction of sp³-hybridized carbons (Fsp3) is 0.467. The SMILES string of the molecule is Cc1ccc2oc(CNCCCN(C)C)cc2c1. The monoisotopic (exact) mass is 246 g/mol. The van der Waals surface area contributed by atoms with Gasteiger partial charge >= 0.3 is 0 Å². The molecule has 0 unspecified atom stereocenters. The highest BCUT2D eigenvalue weighted by Crippen LogP contribution is 2.20. The van der Waals surface area contributed by atoms with Gasteiger partial charge in [0.1, 0.15) is 11.3 Å². The molecule has 0 spiro atoms. The molecular formula is C15H22N2O. The van der Waals surface area contributed by atoms with Crippen LogP contribution in [0.3, 0.4) is 0 Å². The maximum atomic E-state index is 5.78. The minimum absolute atomic E-state index is 0.807. The number of hydrogen-bond donors (Lipinski definition) is 1. The Balaban J connectivity index is 1.84. The van der Waals surface area contributed by atoms with Crippen LogP contribution < -0.4 is 5.32 Å². The molecule has 0 aliphatic rings. The molecule has 0 aliphatic carbocycles.